The third kappa shape index (κ3) is 3.54. The van der Waals surface area contributed by atoms with Crippen LogP contribution in [0.5, 0.6) is 0 Å². The first-order chi connectivity index (χ1) is 7.86. The van der Waals surface area contributed by atoms with Gasteiger partial charge in [0.2, 0.25) is 5.91 Å². The van der Waals surface area contributed by atoms with Gasteiger partial charge in [0.15, 0.2) is 0 Å². The van der Waals surface area contributed by atoms with Gasteiger partial charge >= 0.3 is 5.97 Å². The van der Waals surface area contributed by atoms with E-state index in [-0.39, 0.29) is 5.91 Å². The van der Waals surface area contributed by atoms with Crippen molar-refractivity contribution in [2.75, 3.05) is 11.9 Å². The smallest absolute Gasteiger partial charge is 0.341 e. The number of anilines is 1. The van der Waals surface area contributed by atoms with E-state index in [1.54, 1.807) is 32.2 Å². The average molecular weight is 256 g/mol. The molecular weight excluding hydrogens is 240 g/mol. The van der Waals surface area contributed by atoms with Gasteiger partial charge in [-0.25, -0.2) is 4.79 Å². The summed E-state index contributed by atoms with van der Waals surface area (Å²) < 4.78 is 4.88. The molecule has 0 saturated carbocycles. The van der Waals surface area contributed by atoms with Gasteiger partial charge in [0.25, 0.3) is 0 Å². The first-order valence-electron chi connectivity index (χ1n) is 5.21. The van der Waals surface area contributed by atoms with Crippen LogP contribution in [0.3, 0.4) is 0 Å². The minimum atomic E-state index is -0.990. The molecule has 1 amide bonds. The number of amides is 1. The molecular formula is C11H16N2O3S. The van der Waals surface area contributed by atoms with Gasteiger partial charge in [-0.15, -0.1) is 11.3 Å². The molecule has 6 heteroatoms. The highest BCUT2D eigenvalue weighted by atomic mass is 32.1. The maximum absolute atomic E-state index is 11.7. The highest BCUT2D eigenvalue weighted by Crippen LogP contribution is 2.24. The van der Waals surface area contributed by atoms with Crippen LogP contribution in [0.15, 0.2) is 11.4 Å². The van der Waals surface area contributed by atoms with Crippen molar-refractivity contribution in [2.24, 2.45) is 5.73 Å². The number of nitrogens with two attached hydrogens (primary N) is 1. The summed E-state index contributed by atoms with van der Waals surface area (Å²) >= 11 is 1.26. The van der Waals surface area contributed by atoms with Crippen molar-refractivity contribution in [1.29, 1.82) is 0 Å². The zero-order chi connectivity index (χ0) is 13.1. The van der Waals surface area contributed by atoms with E-state index in [0.29, 0.717) is 17.2 Å². The number of rotatable bonds is 4. The summed E-state index contributed by atoms with van der Waals surface area (Å²) in [6, 6.07) is 1.61. The third-order valence-electron chi connectivity index (χ3n) is 1.97. The lowest BCUT2D eigenvalue weighted by Gasteiger charge is -2.17. The Bertz CT molecular complexity index is 421. The van der Waals surface area contributed by atoms with Gasteiger partial charge in [-0.1, -0.05) is 0 Å². The van der Waals surface area contributed by atoms with Gasteiger partial charge in [0.05, 0.1) is 17.7 Å². The van der Waals surface area contributed by atoms with E-state index < -0.39 is 11.5 Å². The molecule has 1 heterocycles. The molecule has 3 N–H and O–H groups in total. The number of thiophene rings is 1. The average Bonchev–Trinajstić information content (AvgIpc) is 2.64. The minimum Gasteiger partial charge on any atom is -0.462 e. The molecule has 0 aliphatic carbocycles. The topological polar surface area (TPSA) is 81.4 Å². The van der Waals surface area contributed by atoms with Crippen molar-refractivity contribution in [3.8, 4) is 0 Å². The Morgan fingerprint density at radius 2 is 2.18 bits per heavy atom. The molecule has 17 heavy (non-hydrogen) atoms. The molecule has 0 aromatic carbocycles. The third-order valence-corrected chi connectivity index (χ3v) is 2.80. The Balaban J connectivity index is 2.83. The van der Waals surface area contributed by atoms with Gasteiger partial charge in [-0.05, 0) is 32.2 Å². The summed E-state index contributed by atoms with van der Waals surface area (Å²) in [7, 11) is 0. The number of carbonyl (C=O) groups excluding carboxylic acids is 2. The minimum absolute atomic E-state index is 0.296. The maximum Gasteiger partial charge on any atom is 0.341 e. The molecule has 0 bridgehead atoms. The second kappa shape index (κ2) is 5.29. The molecule has 0 fully saturated rings. The zero-order valence-corrected chi connectivity index (χ0v) is 10.9. The van der Waals surface area contributed by atoms with Crippen LogP contribution < -0.4 is 11.1 Å². The van der Waals surface area contributed by atoms with E-state index in [2.05, 4.69) is 5.32 Å². The van der Waals surface area contributed by atoms with Gasteiger partial charge in [-0.3, -0.25) is 4.79 Å². The summed E-state index contributed by atoms with van der Waals surface area (Å²) in [5.41, 5.74) is 5.02. The van der Waals surface area contributed by atoms with Crippen molar-refractivity contribution in [2.45, 2.75) is 26.3 Å². The van der Waals surface area contributed by atoms with Crippen LogP contribution in [0.1, 0.15) is 31.1 Å². The Morgan fingerprint density at radius 3 is 2.71 bits per heavy atom. The van der Waals surface area contributed by atoms with Crippen LogP contribution in [-0.2, 0) is 9.53 Å². The van der Waals surface area contributed by atoms with Crippen molar-refractivity contribution in [1.82, 2.24) is 0 Å². The summed E-state index contributed by atoms with van der Waals surface area (Å²) in [5.74, 6) is -0.788. The standard InChI is InChI=1S/C11H16N2O3S/c1-4-16-9(14)7-5-6-17-8(7)13-10(15)11(2,3)12/h5-6H,4,12H2,1-3H3,(H,13,15). The van der Waals surface area contributed by atoms with Gasteiger partial charge in [-0.2, -0.15) is 0 Å². The lowest BCUT2D eigenvalue weighted by molar-refractivity contribution is -0.120. The largest absolute Gasteiger partial charge is 0.462 e. The number of hydrogen-bond acceptors (Lipinski definition) is 5. The highest BCUT2D eigenvalue weighted by molar-refractivity contribution is 7.14. The van der Waals surface area contributed by atoms with E-state index in [0.717, 1.165) is 0 Å². The van der Waals surface area contributed by atoms with E-state index in [1.807, 2.05) is 0 Å². The summed E-state index contributed by atoms with van der Waals surface area (Å²) in [4.78, 5) is 23.2. The van der Waals surface area contributed by atoms with Gasteiger partial charge in [0.1, 0.15) is 5.00 Å². The predicted octanol–water partition coefficient (Wildman–Crippen LogP) is 1.60. The van der Waals surface area contributed by atoms with Crippen molar-refractivity contribution in [3.05, 3.63) is 17.0 Å². The van der Waals surface area contributed by atoms with Crippen LogP contribution in [0.25, 0.3) is 0 Å². The first kappa shape index (κ1) is 13.7. The Morgan fingerprint density at radius 1 is 1.53 bits per heavy atom. The van der Waals surface area contributed by atoms with Crippen LogP contribution in [0.4, 0.5) is 5.00 Å². The number of esters is 1. The summed E-state index contributed by atoms with van der Waals surface area (Å²) in [5, 5.41) is 4.80. The fraction of sp³-hybridized carbons (Fsp3) is 0.455. The lowest BCUT2D eigenvalue weighted by Crippen LogP contribution is -2.45. The van der Waals surface area contributed by atoms with Crippen LogP contribution in [0.2, 0.25) is 0 Å². The molecule has 0 aliphatic heterocycles. The molecule has 94 valence electrons. The number of carbonyl (C=O) groups is 2. The molecule has 0 unspecified atom stereocenters. The molecule has 0 saturated heterocycles. The first-order valence-corrected chi connectivity index (χ1v) is 6.09. The SMILES string of the molecule is CCOC(=O)c1ccsc1NC(=O)C(C)(C)N. The number of ether oxygens (including phenoxy) is 1. The Hall–Kier alpha value is -1.40. The van der Waals surface area contributed by atoms with Crippen molar-refractivity contribution < 1.29 is 14.3 Å². The second-order valence-corrected chi connectivity index (χ2v) is 4.98. The molecule has 5 nitrogen and oxygen atoms in total. The number of hydrogen-bond donors (Lipinski definition) is 2. The summed E-state index contributed by atoms with van der Waals surface area (Å²) in [6.07, 6.45) is 0. The molecule has 0 radical (unpaired) electrons. The molecule has 1 aromatic heterocycles. The monoisotopic (exact) mass is 256 g/mol. The van der Waals surface area contributed by atoms with Crippen molar-refractivity contribution >= 4 is 28.2 Å². The predicted molar refractivity (Wildman–Crippen MR) is 67.2 cm³/mol. The molecule has 1 aromatic rings. The second-order valence-electron chi connectivity index (χ2n) is 4.06. The van der Waals surface area contributed by atoms with Crippen LogP contribution in [-0.4, -0.2) is 24.0 Å². The van der Waals surface area contributed by atoms with E-state index in [9.17, 15) is 9.59 Å². The van der Waals surface area contributed by atoms with Gasteiger partial charge < -0.3 is 15.8 Å². The Kier molecular flexibility index (Phi) is 4.25. The maximum atomic E-state index is 11.7. The summed E-state index contributed by atoms with van der Waals surface area (Å²) in [6.45, 7) is 5.22. The van der Waals surface area contributed by atoms with Crippen molar-refractivity contribution in [3.63, 3.8) is 0 Å². The van der Waals surface area contributed by atoms with E-state index in [4.69, 9.17) is 10.5 Å². The molecule has 0 atom stereocenters. The van der Waals surface area contributed by atoms with Gasteiger partial charge in [0, 0.05) is 0 Å². The molecule has 1 rings (SSSR count). The Labute approximate surface area is 104 Å². The zero-order valence-electron chi connectivity index (χ0n) is 10.1. The highest BCUT2D eigenvalue weighted by Gasteiger charge is 2.24. The van der Waals surface area contributed by atoms with E-state index >= 15 is 0 Å². The quantitative estimate of drug-likeness (QED) is 0.802. The molecule has 0 aliphatic rings. The molecule has 0 spiro atoms. The fourth-order valence-electron chi connectivity index (χ4n) is 1.04. The number of nitrogens with one attached hydrogen (secondary N) is 1. The fourth-order valence-corrected chi connectivity index (χ4v) is 1.81. The van der Waals surface area contributed by atoms with Crippen LogP contribution >= 0.6 is 11.3 Å². The normalized spacial score (nSPS) is 11.1. The van der Waals surface area contributed by atoms with E-state index in [1.165, 1.54) is 11.3 Å². The lowest BCUT2D eigenvalue weighted by atomic mass is 10.1. The van der Waals surface area contributed by atoms with Crippen LogP contribution in [0, 0.1) is 0 Å².